The van der Waals surface area contributed by atoms with Crippen LogP contribution in [-0.4, -0.2) is 46.3 Å². The second-order valence-electron chi connectivity index (χ2n) is 6.84. The molecule has 140 valence electrons. The summed E-state index contributed by atoms with van der Waals surface area (Å²) >= 11 is 0. The van der Waals surface area contributed by atoms with E-state index in [2.05, 4.69) is 5.32 Å². The molecule has 24 heavy (non-hydrogen) atoms. The summed E-state index contributed by atoms with van der Waals surface area (Å²) in [6.07, 6.45) is 1.28. The molecule has 0 aromatic rings. The minimum atomic E-state index is -0.962. The smallest absolute Gasteiger partial charge is 0.236 e. The molecule has 7 nitrogen and oxygen atoms in total. The number of hydrogen-bond donors (Lipinski definition) is 2. The minimum Gasteiger partial charge on any atom is -0.390 e. The summed E-state index contributed by atoms with van der Waals surface area (Å²) in [7, 11) is 0. The van der Waals surface area contributed by atoms with Gasteiger partial charge in [0.05, 0.1) is 12.2 Å². The SMILES string of the molecule is CCC(CC)O[C@H]1[C@H](NC(C)=O)[C@@H]([N+](=O)[O-])CC(CC)(CC)[C@@H]1O. The Hall–Kier alpha value is -1.21. The van der Waals surface area contributed by atoms with Crippen molar-refractivity contribution in [3.05, 3.63) is 10.1 Å². The van der Waals surface area contributed by atoms with Gasteiger partial charge in [-0.2, -0.15) is 0 Å². The summed E-state index contributed by atoms with van der Waals surface area (Å²) in [5, 5.41) is 25.3. The van der Waals surface area contributed by atoms with Crippen molar-refractivity contribution in [2.24, 2.45) is 5.41 Å². The van der Waals surface area contributed by atoms with Crippen molar-refractivity contribution >= 4 is 5.91 Å². The van der Waals surface area contributed by atoms with Gasteiger partial charge in [-0.3, -0.25) is 14.9 Å². The van der Waals surface area contributed by atoms with Crippen LogP contribution >= 0.6 is 0 Å². The van der Waals surface area contributed by atoms with Crippen molar-refractivity contribution in [2.45, 2.75) is 97.1 Å². The van der Waals surface area contributed by atoms with E-state index in [4.69, 9.17) is 4.74 Å². The standard InChI is InChI=1S/C17H32N2O5/c1-6-12(7-2)24-15-14(18-11(5)20)13(19(22)23)10-17(8-3,9-4)16(15)21/h12-16,21H,6-10H2,1-5H3,(H,18,20)/t13-,14+,15-,16+/m0/s1. The maximum atomic E-state index is 11.7. The second-order valence-corrected chi connectivity index (χ2v) is 6.84. The van der Waals surface area contributed by atoms with Gasteiger partial charge in [0.2, 0.25) is 11.9 Å². The summed E-state index contributed by atoms with van der Waals surface area (Å²) in [6, 6.07) is -1.78. The highest BCUT2D eigenvalue weighted by Crippen LogP contribution is 2.44. The van der Waals surface area contributed by atoms with Crippen molar-refractivity contribution in [1.82, 2.24) is 5.32 Å². The zero-order valence-electron chi connectivity index (χ0n) is 15.4. The van der Waals surface area contributed by atoms with E-state index in [1.807, 2.05) is 27.7 Å². The minimum absolute atomic E-state index is 0.0992. The molecule has 7 heteroatoms. The first-order valence-corrected chi connectivity index (χ1v) is 9.00. The molecule has 0 saturated heterocycles. The molecule has 4 atom stereocenters. The van der Waals surface area contributed by atoms with Crippen LogP contribution in [0.1, 0.15) is 66.7 Å². The first-order valence-electron chi connectivity index (χ1n) is 9.00. The highest BCUT2D eigenvalue weighted by molar-refractivity contribution is 5.73. The largest absolute Gasteiger partial charge is 0.390 e. The summed E-state index contributed by atoms with van der Waals surface area (Å²) in [4.78, 5) is 22.9. The molecule has 0 bridgehead atoms. The Bertz CT molecular complexity index is 435. The summed E-state index contributed by atoms with van der Waals surface area (Å²) in [5.41, 5.74) is -0.566. The zero-order chi connectivity index (χ0) is 18.5. The first-order chi connectivity index (χ1) is 11.3. The maximum Gasteiger partial charge on any atom is 0.236 e. The molecule has 0 aliphatic heterocycles. The molecule has 1 saturated carbocycles. The van der Waals surface area contributed by atoms with Gasteiger partial charge in [0.25, 0.3) is 0 Å². The predicted octanol–water partition coefficient (Wildman–Crippen LogP) is 2.28. The summed E-state index contributed by atoms with van der Waals surface area (Å²) in [5.74, 6) is -0.349. The van der Waals surface area contributed by atoms with Gasteiger partial charge in [0, 0.05) is 23.7 Å². The van der Waals surface area contributed by atoms with E-state index in [0.717, 1.165) is 12.8 Å². The number of nitrogens with one attached hydrogen (secondary N) is 1. The molecule has 0 heterocycles. The molecule has 1 aliphatic carbocycles. The van der Waals surface area contributed by atoms with Gasteiger partial charge in [-0.1, -0.05) is 27.7 Å². The number of ether oxygens (including phenoxy) is 1. The Kier molecular flexibility index (Phi) is 7.60. The molecule has 0 aromatic heterocycles. The fourth-order valence-corrected chi connectivity index (χ4v) is 3.87. The number of rotatable bonds is 8. The van der Waals surface area contributed by atoms with Crippen LogP contribution in [0.15, 0.2) is 0 Å². The number of amides is 1. The lowest BCUT2D eigenvalue weighted by molar-refractivity contribution is -0.539. The van der Waals surface area contributed by atoms with E-state index in [-0.39, 0.29) is 23.4 Å². The molecule has 1 rings (SSSR count). The van der Waals surface area contributed by atoms with Crippen LogP contribution in [0.5, 0.6) is 0 Å². The van der Waals surface area contributed by atoms with Crippen LogP contribution in [0, 0.1) is 15.5 Å². The summed E-state index contributed by atoms with van der Waals surface area (Å²) in [6.45, 7) is 9.18. The molecule has 1 amide bonds. The Labute approximate surface area is 144 Å². The third-order valence-electron chi connectivity index (χ3n) is 5.63. The average molecular weight is 344 g/mol. The molecule has 0 unspecified atom stereocenters. The van der Waals surface area contributed by atoms with E-state index in [9.17, 15) is 20.0 Å². The van der Waals surface area contributed by atoms with Gasteiger partial charge in [-0.25, -0.2) is 0 Å². The lowest BCUT2D eigenvalue weighted by Gasteiger charge is -2.49. The zero-order valence-corrected chi connectivity index (χ0v) is 15.4. The first kappa shape index (κ1) is 20.8. The molecule has 0 aromatic carbocycles. The van der Waals surface area contributed by atoms with Gasteiger partial charge >= 0.3 is 0 Å². The Balaban J connectivity index is 3.28. The number of aliphatic hydroxyl groups is 1. The van der Waals surface area contributed by atoms with Gasteiger partial charge in [-0.05, 0) is 25.7 Å². The Morgan fingerprint density at radius 1 is 1.33 bits per heavy atom. The molecule has 0 radical (unpaired) electrons. The van der Waals surface area contributed by atoms with Crippen LogP contribution < -0.4 is 5.32 Å². The van der Waals surface area contributed by atoms with Crippen LogP contribution in [-0.2, 0) is 9.53 Å². The molecule has 1 aliphatic rings. The number of carbonyl (C=O) groups excluding carboxylic acids is 1. The Morgan fingerprint density at radius 3 is 2.25 bits per heavy atom. The second kappa shape index (κ2) is 8.76. The maximum absolute atomic E-state index is 11.7. The van der Waals surface area contributed by atoms with E-state index in [1.165, 1.54) is 6.92 Å². The normalized spacial score (nSPS) is 29.5. The fourth-order valence-electron chi connectivity index (χ4n) is 3.87. The monoisotopic (exact) mass is 344 g/mol. The highest BCUT2D eigenvalue weighted by atomic mass is 16.6. The number of aliphatic hydroxyl groups excluding tert-OH is 1. The van der Waals surface area contributed by atoms with E-state index in [1.54, 1.807) is 0 Å². The van der Waals surface area contributed by atoms with E-state index >= 15 is 0 Å². The quantitative estimate of drug-likeness (QED) is 0.519. The topological polar surface area (TPSA) is 102 Å². The van der Waals surface area contributed by atoms with Crippen molar-refractivity contribution < 1.29 is 19.6 Å². The summed E-state index contributed by atoms with van der Waals surface area (Å²) < 4.78 is 6.09. The Morgan fingerprint density at radius 2 is 1.88 bits per heavy atom. The van der Waals surface area contributed by atoms with Crippen LogP contribution in [0.2, 0.25) is 0 Å². The van der Waals surface area contributed by atoms with E-state index < -0.39 is 29.7 Å². The number of hydrogen-bond acceptors (Lipinski definition) is 5. The third kappa shape index (κ3) is 4.25. The molecule has 1 fully saturated rings. The van der Waals surface area contributed by atoms with Crippen LogP contribution in [0.4, 0.5) is 0 Å². The highest BCUT2D eigenvalue weighted by Gasteiger charge is 2.56. The molecule has 0 spiro atoms. The number of nitrogens with zero attached hydrogens (tertiary/aromatic N) is 1. The molecular formula is C17H32N2O5. The van der Waals surface area contributed by atoms with Crippen molar-refractivity contribution in [1.29, 1.82) is 0 Å². The van der Waals surface area contributed by atoms with Gasteiger partial charge < -0.3 is 15.2 Å². The van der Waals surface area contributed by atoms with Gasteiger partial charge in [0.15, 0.2) is 0 Å². The van der Waals surface area contributed by atoms with Crippen molar-refractivity contribution in [2.75, 3.05) is 0 Å². The molecule has 2 N–H and O–H groups in total. The lowest BCUT2D eigenvalue weighted by atomic mass is 9.64. The van der Waals surface area contributed by atoms with Gasteiger partial charge in [0.1, 0.15) is 12.1 Å². The predicted molar refractivity (Wildman–Crippen MR) is 91.3 cm³/mol. The van der Waals surface area contributed by atoms with Crippen molar-refractivity contribution in [3.8, 4) is 0 Å². The third-order valence-corrected chi connectivity index (χ3v) is 5.63. The van der Waals surface area contributed by atoms with E-state index in [0.29, 0.717) is 12.8 Å². The van der Waals surface area contributed by atoms with Crippen LogP contribution in [0.3, 0.4) is 0 Å². The van der Waals surface area contributed by atoms with Gasteiger partial charge in [-0.15, -0.1) is 0 Å². The number of nitro groups is 1. The average Bonchev–Trinajstić information content (AvgIpc) is 2.54. The van der Waals surface area contributed by atoms with Crippen molar-refractivity contribution in [3.63, 3.8) is 0 Å². The number of carbonyl (C=O) groups is 1. The fraction of sp³-hybridized carbons (Fsp3) is 0.941. The lowest BCUT2D eigenvalue weighted by Crippen LogP contribution is -2.66. The molecular weight excluding hydrogens is 312 g/mol. The van der Waals surface area contributed by atoms with Crippen LogP contribution in [0.25, 0.3) is 0 Å².